The summed E-state index contributed by atoms with van der Waals surface area (Å²) in [4.78, 5) is 21.8. The maximum absolute atomic E-state index is 12.3. The van der Waals surface area contributed by atoms with E-state index in [4.69, 9.17) is 9.72 Å². The SMILES string of the molecule is COc1cccc2sc(N3CCN(CCNC(=O)c4cccc(C)c4)CC3)nc12. The molecule has 7 heteroatoms. The number of hydrogen-bond acceptors (Lipinski definition) is 6. The van der Waals surface area contributed by atoms with Crippen molar-refractivity contribution in [2.45, 2.75) is 6.92 Å². The van der Waals surface area contributed by atoms with E-state index in [0.717, 1.165) is 64.9 Å². The van der Waals surface area contributed by atoms with Gasteiger partial charge in [0.05, 0.1) is 11.8 Å². The van der Waals surface area contributed by atoms with Gasteiger partial charge in [0.2, 0.25) is 0 Å². The van der Waals surface area contributed by atoms with Crippen LogP contribution in [0.1, 0.15) is 15.9 Å². The van der Waals surface area contributed by atoms with Gasteiger partial charge in [0.25, 0.3) is 5.91 Å². The number of piperazine rings is 1. The van der Waals surface area contributed by atoms with Crippen molar-refractivity contribution in [1.29, 1.82) is 0 Å². The highest BCUT2D eigenvalue weighted by Crippen LogP contribution is 2.34. The normalized spacial score (nSPS) is 14.9. The zero-order valence-electron chi connectivity index (χ0n) is 16.9. The molecule has 0 aliphatic carbocycles. The first kappa shape index (κ1) is 19.7. The van der Waals surface area contributed by atoms with Gasteiger partial charge in [0, 0.05) is 44.8 Å². The van der Waals surface area contributed by atoms with E-state index >= 15 is 0 Å². The van der Waals surface area contributed by atoms with Crippen LogP contribution in [0, 0.1) is 6.92 Å². The fraction of sp³-hybridized carbons (Fsp3) is 0.364. The number of rotatable bonds is 6. The molecule has 0 radical (unpaired) electrons. The van der Waals surface area contributed by atoms with Crippen LogP contribution in [0.5, 0.6) is 5.75 Å². The first-order chi connectivity index (χ1) is 14.1. The predicted octanol–water partition coefficient (Wildman–Crippen LogP) is 3.17. The summed E-state index contributed by atoms with van der Waals surface area (Å²) in [6.45, 7) is 7.32. The van der Waals surface area contributed by atoms with Crippen molar-refractivity contribution in [3.63, 3.8) is 0 Å². The standard InChI is InChI=1S/C22H26N4O2S/c1-16-5-3-6-17(15-16)21(27)23-9-10-25-11-13-26(14-12-25)22-24-20-18(28-2)7-4-8-19(20)29-22/h3-8,15H,9-14H2,1-2H3,(H,23,27). The summed E-state index contributed by atoms with van der Waals surface area (Å²) >= 11 is 1.71. The van der Waals surface area contributed by atoms with Crippen molar-refractivity contribution in [1.82, 2.24) is 15.2 Å². The quantitative estimate of drug-likeness (QED) is 0.677. The lowest BCUT2D eigenvalue weighted by atomic mass is 10.1. The molecule has 1 aliphatic heterocycles. The van der Waals surface area contributed by atoms with E-state index in [0.29, 0.717) is 6.54 Å². The summed E-state index contributed by atoms with van der Waals surface area (Å²) in [5.74, 6) is 0.823. The van der Waals surface area contributed by atoms with Gasteiger partial charge in [-0.05, 0) is 31.2 Å². The molecule has 1 saturated heterocycles. The number of anilines is 1. The van der Waals surface area contributed by atoms with Crippen LogP contribution in [0.3, 0.4) is 0 Å². The highest BCUT2D eigenvalue weighted by molar-refractivity contribution is 7.22. The molecule has 0 atom stereocenters. The van der Waals surface area contributed by atoms with Gasteiger partial charge in [0.1, 0.15) is 11.3 Å². The van der Waals surface area contributed by atoms with Crippen molar-refractivity contribution in [2.75, 3.05) is 51.3 Å². The molecule has 0 bridgehead atoms. The number of nitrogens with zero attached hydrogens (tertiary/aromatic N) is 3. The Bertz CT molecular complexity index is 995. The summed E-state index contributed by atoms with van der Waals surface area (Å²) in [7, 11) is 1.68. The number of fused-ring (bicyclic) bond motifs is 1. The molecule has 1 aromatic heterocycles. The van der Waals surface area contributed by atoms with E-state index in [1.807, 2.05) is 43.3 Å². The number of amides is 1. The second kappa shape index (κ2) is 8.80. The summed E-state index contributed by atoms with van der Waals surface area (Å²) in [5.41, 5.74) is 2.76. The molecule has 0 saturated carbocycles. The fourth-order valence-corrected chi connectivity index (χ4v) is 4.63. The fourth-order valence-electron chi connectivity index (χ4n) is 3.59. The highest BCUT2D eigenvalue weighted by atomic mass is 32.1. The molecule has 3 aromatic rings. The zero-order valence-corrected chi connectivity index (χ0v) is 17.7. The molecule has 4 rings (SSSR count). The number of nitrogens with one attached hydrogen (secondary N) is 1. The third-order valence-electron chi connectivity index (χ3n) is 5.23. The predicted molar refractivity (Wildman–Crippen MR) is 118 cm³/mol. The van der Waals surface area contributed by atoms with Gasteiger partial charge in [-0.25, -0.2) is 4.98 Å². The Kier molecular flexibility index (Phi) is 5.97. The molecule has 0 unspecified atom stereocenters. The molecule has 152 valence electrons. The summed E-state index contributed by atoms with van der Waals surface area (Å²) in [6.07, 6.45) is 0. The number of methoxy groups -OCH3 is 1. The number of benzene rings is 2. The van der Waals surface area contributed by atoms with Crippen molar-refractivity contribution in [2.24, 2.45) is 0 Å². The number of aryl methyl sites for hydroxylation is 1. The number of aromatic nitrogens is 1. The molecule has 1 aliphatic rings. The molecule has 2 heterocycles. The van der Waals surface area contributed by atoms with Crippen LogP contribution in [-0.4, -0.2) is 62.2 Å². The molecular formula is C22H26N4O2S. The number of carbonyl (C=O) groups is 1. The minimum atomic E-state index is -0.00393. The van der Waals surface area contributed by atoms with Gasteiger partial charge in [0.15, 0.2) is 5.13 Å². The van der Waals surface area contributed by atoms with Gasteiger partial charge in [-0.3, -0.25) is 9.69 Å². The van der Waals surface area contributed by atoms with E-state index in [1.54, 1.807) is 18.4 Å². The smallest absolute Gasteiger partial charge is 0.251 e. The van der Waals surface area contributed by atoms with E-state index in [1.165, 1.54) is 0 Å². The van der Waals surface area contributed by atoms with Crippen molar-refractivity contribution in [3.8, 4) is 5.75 Å². The molecule has 1 N–H and O–H groups in total. The third-order valence-corrected chi connectivity index (χ3v) is 6.31. The topological polar surface area (TPSA) is 57.7 Å². The number of para-hydroxylation sites is 1. The second-order valence-corrected chi connectivity index (χ2v) is 8.27. The van der Waals surface area contributed by atoms with Gasteiger partial charge in [-0.1, -0.05) is 35.1 Å². The van der Waals surface area contributed by atoms with Crippen molar-refractivity contribution in [3.05, 3.63) is 53.6 Å². The average Bonchev–Trinajstić information content (AvgIpc) is 3.18. The lowest BCUT2D eigenvalue weighted by Gasteiger charge is -2.34. The number of carbonyl (C=O) groups excluding carboxylic acids is 1. The maximum atomic E-state index is 12.3. The van der Waals surface area contributed by atoms with Crippen LogP contribution in [0.15, 0.2) is 42.5 Å². The van der Waals surface area contributed by atoms with Crippen LogP contribution >= 0.6 is 11.3 Å². The minimum Gasteiger partial charge on any atom is -0.494 e. The largest absolute Gasteiger partial charge is 0.494 e. The molecular weight excluding hydrogens is 384 g/mol. The Morgan fingerprint density at radius 3 is 2.72 bits per heavy atom. The number of thiazole rings is 1. The summed E-state index contributed by atoms with van der Waals surface area (Å²) in [5, 5.41) is 4.08. The second-order valence-electron chi connectivity index (χ2n) is 7.26. The number of ether oxygens (including phenoxy) is 1. The Hall–Kier alpha value is -2.64. The zero-order chi connectivity index (χ0) is 20.2. The number of hydrogen-bond donors (Lipinski definition) is 1. The molecule has 2 aromatic carbocycles. The van der Waals surface area contributed by atoms with Gasteiger partial charge < -0.3 is 15.0 Å². The Morgan fingerprint density at radius 2 is 1.97 bits per heavy atom. The Balaban J connectivity index is 1.27. The summed E-state index contributed by atoms with van der Waals surface area (Å²) < 4.78 is 6.58. The monoisotopic (exact) mass is 410 g/mol. The molecule has 1 amide bonds. The van der Waals surface area contributed by atoms with Crippen LogP contribution in [-0.2, 0) is 0 Å². The maximum Gasteiger partial charge on any atom is 0.251 e. The molecule has 6 nitrogen and oxygen atoms in total. The van der Waals surface area contributed by atoms with E-state index in [9.17, 15) is 4.79 Å². The van der Waals surface area contributed by atoms with E-state index in [-0.39, 0.29) is 5.91 Å². The average molecular weight is 411 g/mol. The van der Waals surface area contributed by atoms with Gasteiger partial charge in [-0.15, -0.1) is 0 Å². The third kappa shape index (κ3) is 4.52. The van der Waals surface area contributed by atoms with Crippen LogP contribution < -0.4 is 15.0 Å². The first-order valence-electron chi connectivity index (χ1n) is 9.90. The van der Waals surface area contributed by atoms with Crippen molar-refractivity contribution < 1.29 is 9.53 Å². The van der Waals surface area contributed by atoms with Gasteiger partial charge >= 0.3 is 0 Å². The van der Waals surface area contributed by atoms with E-state index in [2.05, 4.69) is 21.2 Å². The lowest BCUT2D eigenvalue weighted by molar-refractivity contribution is 0.0947. The first-order valence-corrected chi connectivity index (χ1v) is 10.7. The van der Waals surface area contributed by atoms with Crippen LogP contribution in [0.2, 0.25) is 0 Å². The molecule has 1 fully saturated rings. The lowest BCUT2D eigenvalue weighted by Crippen LogP contribution is -2.48. The highest BCUT2D eigenvalue weighted by Gasteiger charge is 2.20. The minimum absolute atomic E-state index is 0.00393. The molecule has 0 spiro atoms. The van der Waals surface area contributed by atoms with E-state index < -0.39 is 0 Å². The Morgan fingerprint density at radius 1 is 1.17 bits per heavy atom. The van der Waals surface area contributed by atoms with Crippen LogP contribution in [0.25, 0.3) is 10.2 Å². The molecule has 29 heavy (non-hydrogen) atoms. The van der Waals surface area contributed by atoms with Gasteiger partial charge in [-0.2, -0.15) is 0 Å². The van der Waals surface area contributed by atoms with Crippen LogP contribution in [0.4, 0.5) is 5.13 Å². The van der Waals surface area contributed by atoms with Crippen molar-refractivity contribution >= 4 is 32.6 Å². The summed E-state index contributed by atoms with van der Waals surface area (Å²) in [6, 6.07) is 13.7. The Labute approximate surface area is 175 Å².